The third-order valence-corrected chi connectivity index (χ3v) is 8.67. The van der Waals surface area contributed by atoms with Crippen molar-refractivity contribution in [3.63, 3.8) is 0 Å². The number of likely N-dealkylation sites (N-methyl/N-ethyl adjacent to an activating group) is 1. The lowest BCUT2D eigenvalue weighted by atomic mass is 10.1. The Bertz CT molecular complexity index is 1490. The summed E-state index contributed by atoms with van der Waals surface area (Å²) in [4.78, 5) is 2.86. The van der Waals surface area contributed by atoms with Gasteiger partial charge in [-0.3, -0.25) is 0 Å². The molecule has 2 aromatic heterocycles. The zero-order chi connectivity index (χ0) is 28.0. The third-order valence-electron chi connectivity index (χ3n) is 6.87. The fourth-order valence-corrected chi connectivity index (χ4v) is 6.11. The van der Waals surface area contributed by atoms with E-state index < -0.39 is 9.84 Å². The van der Waals surface area contributed by atoms with Crippen molar-refractivity contribution in [1.29, 1.82) is 0 Å². The summed E-state index contributed by atoms with van der Waals surface area (Å²) in [6.45, 7) is 6.48. The van der Waals surface area contributed by atoms with Gasteiger partial charge in [0.05, 0.1) is 36.1 Å². The molecule has 0 saturated heterocycles. The lowest BCUT2D eigenvalue weighted by Crippen LogP contribution is -2.23. The summed E-state index contributed by atoms with van der Waals surface area (Å²) >= 11 is 0. The van der Waals surface area contributed by atoms with Crippen molar-refractivity contribution >= 4 is 15.4 Å². The fraction of sp³-hybridized carbons (Fsp3) is 0.355. The van der Waals surface area contributed by atoms with E-state index in [0.717, 1.165) is 43.1 Å². The summed E-state index contributed by atoms with van der Waals surface area (Å²) in [6.07, 6.45) is 3.68. The first kappa shape index (κ1) is 28.5. The first-order valence-corrected chi connectivity index (χ1v) is 14.7. The summed E-state index contributed by atoms with van der Waals surface area (Å²) in [5.74, 6) is 2.33. The Kier molecular flexibility index (Phi) is 9.20. The number of sulfone groups is 1. The molecule has 4 rings (SSSR count). The molecule has 0 aliphatic carbocycles. The minimum atomic E-state index is -3.67. The Labute approximate surface area is 231 Å². The van der Waals surface area contributed by atoms with Crippen LogP contribution in [0.15, 0.2) is 82.7 Å². The van der Waals surface area contributed by atoms with Crippen molar-refractivity contribution < 1.29 is 22.6 Å². The van der Waals surface area contributed by atoms with Crippen molar-refractivity contribution in [3.05, 3.63) is 84.2 Å². The van der Waals surface area contributed by atoms with Crippen LogP contribution in [0.3, 0.4) is 0 Å². The maximum atomic E-state index is 13.5. The number of fused-ring (bicyclic) bond motifs is 1. The summed E-state index contributed by atoms with van der Waals surface area (Å²) in [6, 6.07) is 20.1. The van der Waals surface area contributed by atoms with Gasteiger partial charge in [0.2, 0.25) is 9.84 Å². The van der Waals surface area contributed by atoms with Crippen LogP contribution in [0.4, 0.5) is 0 Å². The number of nitrogens with zero attached hydrogens (tertiary/aromatic N) is 2. The van der Waals surface area contributed by atoms with Gasteiger partial charge < -0.3 is 23.5 Å². The second kappa shape index (κ2) is 12.6. The van der Waals surface area contributed by atoms with Crippen LogP contribution in [0.5, 0.6) is 17.2 Å². The largest absolute Gasteiger partial charge is 0.494 e. The molecule has 39 heavy (non-hydrogen) atoms. The molecule has 0 amide bonds. The van der Waals surface area contributed by atoms with Crippen LogP contribution in [-0.2, 0) is 16.3 Å². The minimum absolute atomic E-state index is 0.199. The highest BCUT2D eigenvalue weighted by atomic mass is 32.2. The van der Waals surface area contributed by atoms with Gasteiger partial charge in [0, 0.05) is 25.0 Å². The van der Waals surface area contributed by atoms with Gasteiger partial charge in [-0.2, -0.15) is 0 Å². The molecule has 0 saturated carbocycles. The Morgan fingerprint density at radius 3 is 2.33 bits per heavy atom. The number of hydrogen-bond acceptors (Lipinski definition) is 6. The van der Waals surface area contributed by atoms with Gasteiger partial charge in [-0.15, -0.1) is 0 Å². The topological polar surface area (TPSA) is 69.5 Å². The lowest BCUT2D eigenvalue weighted by Gasteiger charge is -2.17. The number of rotatable bonds is 13. The smallest absolute Gasteiger partial charge is 0.208 e. The van der Waals surface area contributed by atoms with Crippen LogP contribution in [-0.4, -0.2) is 58.7 Å². The molecule has 0 radical (unpaired) electrons. The molecule has 0 spiro atoms. The highest BCUT2D eigenvalue weighted by molar-refractivity contribution is 7.91. The maximum Gasteiger partial charge on any atom is 0.208 e. The van der Waals surface area contributed by atoms with Crippen LogP contribution >= 0.6 is 0 Å². The molecule has 0 aliphatic heterocycles. The molecule has 208 valence electrons. The highest BCUT2D eigenvalue weighted by Crippen LogP contribution is 2.31. The predicted molar refractivity (Wildman–Crippen MR) is 154 cm³/mol. The molecular formula is C31H38N2O5S. The van der Waals surface area contributed by atoms with Gasteiger partial charge in [0.1, 0.15) is 5.75 Å². The normalized spacial score (nSPS) is 11.9. The standard InChI is InChI=1S/C31H38N2O5S/c1-23(2)28-22-31(27-9-6-7-18-33(27)28)39(34,35)26-13-11-25(12-14-26)38-20-8-17-32(3)19-16-24-10-15-29(36-4)30(21-24)37-5/h6-7,9-15,18,21-23H,8,16-17,19-20H2,1-5H3. The Balaban J connectivity index is 1.29. The Morgan fingerprint density at radius 1 is 0.897 bits per heavy atom. The second-order valence-electron chi connectivity index (χ2n) is 9.96. The molecular weight excluding hydrogens is 512 g/mol. The van der Waals surface area contributed by atoms with Gasteiger partial charge in [0.15, 0.2) is 11.5 Å². The van der Waals surface area contributed by atoms with E-state index in [0.29, 0.717) is 22.8 Å². The zero-order valence-electron chi connectivity index (χ0n) is 23.4. The van der Waals surface area contributed by atoms with Crippen LogP contribution < -0.4 is 14.2 Å². The van der Waals surface area contributed by atoms with E-state index in [2.05, 4.69) is 31.9 Å². The number of methoxy groups -OCH3 is 2. The lowest BCUT2D eigenvalue weighted by molar-refractivity contribution is 0.264. The highest BCUT2D eigenvalue weighted by Gasteiger charge is 2.24. The van der Waals surface area contributed by atoms with E-state index >= 15 is 0 Å². The van der Waals surface area contributed by atoms with Crippen LogP contribution in [0.1, 0.15) is 37.4 Å². The van der Waals surface area contributed by atoms with Crippen molar-refractivity contribution in [2.45, 2.75) is 42.4 Å². The van der Waals surface area contributed by atoms with E-state index in [-0.39, 0.29) is 10.8 Å². The quantitative estimate of drug-likeness (QED) is 0.194. The van der Waals surface area contributed by atoms with Crippen LogP contribution in [0.2, 0.25) is 0 Å². The minimum Gasteiger partial charge on any atom is -0.494 e. The van der Waals surface area contributed by atoms with Gasteiger partial charge in [-0.25, -0.2) is 8.42 Å². The molecule has 8 heteroatoms. The number of pyridine rings is 1. The first-order chi connectivity index (χ1) is 18.7. The van der Waals surface area contributed by atoms with Crippen LogP contribution in [0, 0.1) is 0 Å². The van der Waals surface area contributed by atoms with E-state index in [4.69, 9.17) is 14.2 Å². The molecule has 0 bridgehead atoms. The molecule has 0 unspecified atom stereocenters. The third kappa shape index (κ3) is 6.57. The number of benzene rings is 2. The Hall–Kier alpha value is -3.49. The van der Waals surface area contributed by atoms with E-state index in [1.54, 1.807) is 44.6 Å². The summed E-state index contributed by atoms with van der Waals surface area (Å²) in [7, 11) is 1.71. The van der Waals surface area contributed by atoms with Crippen molar-refractivity contribution in [2.75, 3.05) is 41.0 Å². The van der Waals surface area contributed by atoms with E-state index in [9.17, 15) is 8.42 Å². The number of hydrogen-bond donors (Lipinski definition) is 0. The zero-order valence-corrected chi connectivity index (χ0v) is 24.2. The van der Waals surface area contributed by atoms with Crippen molar-refractivity contribution in [1.82, 2.24) is 9.30 Å². The molecule has 0 fully saturated rings. The summed E-state index contributed by atoms with van der Waals surface area (Å²) < 4.78 is 45.5. The molecule has 7 nitrogen and oxygen atoms in total. The van der Waals surface area contributed by atoms with Gasteiger partial charge in [-0.1, -0.05) is 26.0 Å². The molecule has 0 atom stereocenters. The van der Waals surface area contributed by atoms with Crippen molar-refractivity contribution in [3.8, 4) is 17.2 Å². The fourth-order valence-electron chi connectivity index (χ4n) is 4.64. The van der Waals surface area contributed by atoms with Gasteiger partial charge in [0.25, 0.3) is 0 Å². The molecule has 0 aliphatic rings. The average molecular weight is 551 g/mol. The van der Waals surface area contributed by atoms with E-state index in [1.807, 2.05) is 40.9 Å². The molecule has 4 aromatic rings. The molecule has 2 heterocycles. The summed E-state index contributed by atoms with van der Waals surface area (Å²) in [5, 5.41) is 0. The SMILES string of the molecule is COc1ccc(CCN(C)CCCOc2ccc(S(=O)(=O)c3cc(C(C)C)n4ccccc34)cc2)cc1OC. The number of ether oxygens (including phenoxy) is 3. The van der Waals surface area contributed by atoms with E-state index in [1.165, 1.54) is 5.56 Å². The average Bonchev–Trinajstić information content (AvgIpc) is 3.35. The second-order valence-corrected chi connectivity index (χ2v) is 11.9. The Morgan fingerprint density at radius 2 is 1.64 bits per heavy atom. The predicted octanol–water partition coefficient (Wildman–Crippen LogP) is 5.86. The monoisotopic (exact) mass is 550 g/mol. The first-order valence-electron chi connectivity index (χ1n) is 13.2. The van der Waals surface area contributed by atoms with Gasteiger partial charge >= 0.3 is 0 Å². The maximum absolute atomic E-state index is 13.5. The van der Waals surface area contributed by atoms with Crippen molar-refractivity contribution in [2.24, 2.45) is 0 Å². The summed E-state index contributed by atoms with van der Waals surface area (Å²) in [5.41, 5.74) is 2.86. The van der Waals surface area contributed by atoms with Crippen LogP contribution in [0.25, 0.3) is 5.52 Å². The van der Waals surface area contributed by atoms with Gasteiger partial charge in [-0.05, 0) is 86.0 Å². The number of aromatic nitrogens is 1. The molecule has 0 N–H and O–H groups in total. The molecule has 2 aromatic carbocycles.